The summed E-state index contributed by atoms with van der Waals surface area (Å²) in [5, 5.41) is 8.87. The predicted molar refractivity (Wildman–Crippen MR) is 88.5 cm³/mol. The lowest BCUT2D eigenvalue weighted by Gasteiger charge is -2.60. The topological polar surface area (TPSA) is 40.5 Å². The molecule has 1 aliphatic rings. The number of nitrogens with zero attached hydrogens (tertiary/aromatic N) is 1. The normalized spacial score (nSPS) is 27.5. The molecule has 2 atom stereocenters. The molecule has 124 valence electrons. The van der Waals surface area contributed by atoms with E-state index < -0.39 is 5.97 Å². The van der Waals surface area contributed by atoms with Crippen molar-refractivity contribution in [2.45, 2.75) is 92.2 Å². The maximum Gasteiger partial charge on any atom is 0.303 e. The fourth-order valence-electron chi connectivity index (χ4n) is 4.12. The van der Waals surface area contributed by atoms with Gasteiger partial charge in [0, 0.05) is 18.0 Å². The number of carboxylic acid groups (broad SMARTS) is 1. The molecular weight excluding hydrogens is 262 g/mol. The minimum absolute atomic E-state index is 0.243. The van der Waals surface area contributed by atoms with Gasteiger partial charge in [0.2, 0.25) is 0 Å². The first-order valence-corrected chi connectivity index (χ1v) is 8.31. The summed E-state index contributed by atoms with van der Waals surface area (Å²) in [7, 11) is 0. The summed E-state index contributed by atoms with van der Waals surface area (Å²) in [6, 6.07) is 0.617. The molecule has 2 unspecified atom stereocenters. The van der Waals surface area contributed by atoms with Crippen LogP contribution in [0.2, 0.25) is 0 Å². The second-order valence-corrected chi connectivity index (χ2v) is 9.55. The van der Waals surface area contributed by atoms with E-state index in [4.69, 9.17) is 5.11 Å². The van der Waals surface area contributed by atoms with E-state index in [2.05, 4.69) is 53.4 Å². The number of hydrogen-bond acceptors (Lipinski definition) is 2. The van der Waals surface area contributed by atoms with Crippen LogP contribution in [0.25, 0.3) is 0 Å². The summed E-state index contributed by atoms with van der Waals surface area (Å²) < 4.78 is 0. The Morgan fingerprint density at radius 1 is 1.19 bits per heavy atom. The first kappa shape index (κ1) is 18.5. The van der Waals surface area contributed by atoms with E-state index in [0.717, 1.165) is 13.0 Å². The lowest BCUT2D eigenvalue weighted by Crippen LogP contribution is -2.66. The number of aliphatic carboxylic acids is 1. The van der Waals surface area contributed by atoms with E-state index in [1.54, 1.807) is 0 Å². The van der Waals surface area contributed by atoms with Crippen LogP contribution in [-0.4, -0.2) is 34.1 Å². The van der Waals surface area contributed by atoms with Crippen molar-refractivity contribution in [2.75, 3.05) is 6.54 Å². The van der Waals surface area contributed by atoms with Crippen LogP contribution in [0.15, 0.2) is 0 Å². The van der Waals surface area contributed by atoms with Crippen LogP contribution >= 0.6 is 0 Å². The number of hydrogen-bond donors (Lipinski definition) is 1. The van der Waals surface area contributed by atoms with Crippen molar-refractivity contribution in [3.8, 4) is 0 Å². The second-order valence-electron chi connectivity index (χ2n) is 9.55. The van der Waals surface area contributed by atoms with Gasteiger partial charge in [0.25, 0.3) is 0 Å². The molecule has 0 amide bonds. The second kappa shape index (κ2) is 6.28. The zero-order valence-electron chi connectivity index (χ0n) is 15.1. The molecule has 1 fully saturated rings. The van der Waals surface area contributed by atoms with Crippen molar-refractivity contribution in [1.82, 2.24) is 4.90 Å². The summed E-state index contributed by atoms with van der Waals surface area (Å²) in [4.78, 5) is 13.4. The molecular formula is C18H35NO2. The van der Waals surface area contributed by atoms with Gasteiger partial charge in [0.05, 0.1) is 0 Å². The molecule has 1 aliphatic heterocycles. The fourth-order valence-corrected chi connectivity index (χ4v) is 4.12. The zero-order valence-corrected chi connectivity index (χ0v) is 15.1. The summed E-state index contributed by atoms with van der Waals surface area (Å²) >= 11 is 0. The van der Waals surface area contributed by atoms with Gasteiger partial charge in [0.15, 0.2) is 0 Å². The van der Waals surface area contributed by atoms with Crippen LogP contribution < -0.4 is 0 Å². The largest absolute Gasteiger partial charge is 0.481 e. The Morgan fingerprint density at radius 3 is 2.19 bits per heavy atom. The summed E-state index contributed by atoms with van der Waals surface area (Å²) in [5.74, 6) is -0.680. The van der Waals surface area contributed by atoms with Crippen molar-refractivity contribution in [3.05, 3.63) is 0 Å². The van der Waals surface area contributed by atoms with Crippen molar-refractivity contribution in [3.63, 3.8) is 0 Å². The molecule has 3 heteroatoms. The van der Waals surface area contributed by atoms with Crippen LogP contribution in [0.3, 0.4) is 0 Å². The van der Waals surface area contributed by atoms with Gasteiger partial charge in [-0.1, -0.05) is 41.5 Å². The van der Waals surface area contributed by atoms with E-state index in [1.165, 1.54) is 19.3 Å². The highest BCUT2D eigenvalue weighted by molar-refractivity contribution is 5.66. The van der Waals surface area contributed by atoms with Gasteiger partial charge < -0.3 is 5.11 Å². The molecule has 0 spiro atoms. The Morgan fingerprint density at radius 2 is 1.76 bits per heavy atom. The SMILES string of the molecule is CC(C)(C)CC1CC(C)(CC(C)(C)C)N1CCCC(=O)O. The Bertz CT molecular complexity index is 364. The monoisotopic (exact) mass is 297 g/mol. The highest BCUT2D eigenvalue weighted by atomic mass is 16.4. The Labute approximate surface area is 131 Å². The van der Waals surface area contributed by atoms with Crippen LogP contribution in [-0.2, 0) is 4.79 Å². The predicted octanol–water partition coefficient (Wildman–Crippen LogP) is 4.56. The minimum Gasteiger partial charge on any atom is -0.481 e. The van der Waals surface area contributed by atoms with Gasteiger partial charge in [-0.05, 0) is 50.0 Å². The van der Waals surface area contributed by atoms with Crippen molar-refractivity contribution in [1.29, 1.82) is 0 Å². The van der Waals surface area contributed by atoms with E-state index in [9.17, 15) is 4.79 Å². The van der Waals surface area contributed by atoms with E-state index in [1.807, 2.05) is 0 Å². The van der Waals surface area contributed by atoms with Gasteiger partial charge in [0.1, 0.15) is 0 Å². The third-order valence-electron chi connectivity index (χ3n) is 4.36. The molecule has 0 aliphatic carbocycles. The van der Waals surface area contributed by atoms with Crippen LogP contribution in [0.5, 0.6) is 0 Å². The molecule has 3 nitrogen and oxygen atoms in total. The molecule has 0 saturated carbocycles. The van der Waals surface area contributed by atoms with Crippen molar-refractivity contribution in [2.24, 2.45) is 10.8 Å². The minimum atomic E-state index is -0.680. The summed E-state index contributed by atoms with van der Waals surface area (Å²) in [5.41, 5.74) is 0.887. The quantitative estimate of drug-likeness (QED) is 0.781. The molecule has 0 aromatic rings. The summed E-state index contributed by atoms with van der Waals surface area (Å²) in [6.45, 7) is 17.0. The third kappa shape index (κ3) is 5.98. The van der Waals surface area contributed by atoms with Gasteiger partial charge in [-0.25, -0.2) is 0 Å². The molecule has 1 heterocycles. The van der Waals surface area contributed by atoms with Gasteiger partial charge in [-0.15, -0.1) is 0 Å². The van der Waals surface area contributed by atoms with E-state index in [0.29, 0.717) is 16.9 Å². The van der Waals surface area contributed by atoms with Crippen LogP contribution in [0.4, 0.5) is 0 Å². The zero-order chi connectivity index (χ0) is 16.5. The Balaban J connectivity index is 2.69. The van der Waals surface area contributed by atoms with E-state index in [-0.39, 0.29) is 12.0 Å². The standard InChI is InChI=1S/C18H35NO2/c1-16(2,3)11-14-12-18(7,13-17(4,5)6)19(14)10-8-9-15(20)21/h14H,8-13H2,1-7H3,(H,20,21). The summed E-state index contributed by atoms with van der Waals surface area (Å²) in [6.07, 6.45) is 4.65. The first-order chi connectivity index (χ1) is 9.32. The van der Waals surface area contributed by atoms with Crippen LogP contribution in [0, 0.1) is 10.8 Å². The molecule has 0 aromatic heterocycles. The fraction of sp³-hybridized carbons (Fsp3) is 0.944. The van der Waals surface area contributed by atoms with Crippen molar-refractivity contribution < 1.29 is 9.90 Å². The van der Waals surface area contributed by atoms with Gasteiger partial charge in [-0.3, -0.25) is 9.69 Å². The molecule has 0 bridgehead atoms. The molecule has 0 aromatic carbocycles. The highest BCUT2D eigenvalue weighted by Gasteiger charge is 2.49. The highest BCUT2D eigenvalue weighted by Crippen LogP contribution is 2.47. The number of carboxylic acids is 1. The smallest absolute Gasteiger partial charge is 0.303 e. The number of rotatable bonds is 6. The first-order valence-electron chi connectivity index (χ1n) is 8.31. The molecule has 1 saturated heterocycles. The average molecular weight is 297 g/mol. The van der Waals surface area contributed by atoms with Crippen LogP contribution in [0.1, 0.15) is 80.6 Å². The van der Waals surface area contributed by atoms with Gasteiger partial charge >= 0.3 is 5.97 Å². The van der Waals surface area contributed by atoms with E-state index >= 15 is 0 Å². The number of carbonyl (C=O) groups is 1. The van der Waals surface area contributed by atoms with Crippen molar-refractivity contribution >= 4 is 5.97 Å². The molecule has 1 N–H and O–H groups in total. The molecule has 0 radical (unpaired) electrons. The Hall–Kier alpha value is -0.570. The lowest BCUT2D eigenvalue weighted by molar-refractivity contribution is -0.138. The number of likely N-dealkylation sites (tertiary alicyclic amines) is 1. The molecule has 21 heavy (non-hydrogen) atoms. The lowest BCUT2D eigenvalue weighted by atomic mass is 9.67. The van der Waals surface area contributed by atoms with Gasteiger partial charge in [-0.2, -0.15) is 0 Å². The Kier molecular flexibility index (Phi) is 5.52. The third-order valence-corrected chi connectivity index (χ3v) is 4.36. The molecule has 1 rings (SSSR count). The maximum atomic E-state index is 10.8. The average Bonchev–Trinajstić information content (AvgIpc) is 2.18. The maximum absolute atomic E-state index is 10.8.